The topological polar surface area (TPSA) is 47.1 Å². The number of benzene rings is 1. The Morgan fingerprint density at radius 1 is 0.844 bits per heavy atom. The van der Waals surface area contributed by atoms with E-state index in [-0.39, 0.29) is 10.1 Å². The largest absolute Gasteiger partial charge is 0.543 e. The molecule has 6 heteroatoms. The van der Waals surface area contributed by atoms with Gasteiger partial charge in [0.15, 0.2) is 8.32 Å². The molecule has 0 aliphatic rings. The van der Waals surface area contributed by atoms with Crippen LogP contribution < -0.4 is 4.43 Å². The molecule has 0 saturated carbocycles. The van der Waals surface area contributed by atoms with Crippen LogP contribution in [0.25, 0.3) is 22.3 Å². The molecule has 2 aromatic heterocycles. The second-order valence-corrected chi connectivity index (χ2v) is 21.4. The molecule has 4 nitrogen and oxygen atoms in total. The first kappa shape index (κ1) is 24.7. The SMILES string of the molecule is CC(C)(C)[Si](C)(C)OCc1ccc(-c2cc3cc(O[Si](C)(C)C(C)(C)C)ccc3[nH]2)nc1. The van der Waals surface area contributed by atoms with Crippen molar-refractivity contribution >= 4 is 27.5 Å². The number of aromatic nitrogens is 2. The summed E-state index contributed by atoms with van der Waals surface area (Å²) in [6.07, 6.45) is 1.93. The first-order valence-corrected chi connectivity index (χ1v) is 17.3. The molecule has 0 fully saturated rings. The van der Waals surface area contributed by atoms with E-state index in [1.54, 1.807) is 0 Å². The first-order chi connectivity index (χ1) is 14.6. The highest BCUT2D eigenvalue weighted by Gasteiger charge is 2.39. The van der Waals surface area contributed by atoms with Gasteiger partial charge in [0, 0.05) is 17.1 Å². The number of rotatable bonds is 6. The molecule has 0 aliphatic heterocycles. The van der Waals surface area contributed by atoms with Gasteiger partial charge in [0.25, 0.3) is 0 Å². The van der Waals surface area contributed by atoms with E-state index in [0.29, 0.717) is 6.61 Å². The maximum absolute atomic E-state index is 6.48. The van der Waals surface area contributed by atoms with Gasteiger partial charge in [-0.05, 0) is 72.2 Å². The van der Waals surface area contributed by atoms with Gasteiger partial charge in [0.2, 0.25) is 8.32 Å². The quantitative estimate of drug-likeness (QED) is 0.371. The lowest BCUT2D eigenvalue weighted by molar-refractivity contribution is 0.276. The summed E-state index contributed by atoms with van der Waals surface area (Å²) in [6.45, 7) is 23.3. The molecule has 0 radical (unpaired) electrons. The minimum atomic E-state index is -1.86. The first-order valence-electron chi connectivity index (χ1n) is 11.5. The van der Waals surface area contributed by atoms with E-state index in [1.165, 1.54) is 0 Å². The van der Waals surface area contributed by atoms with Crippen LogP contribution in [0.15, 0.2) is 42.6 Å². The van der Waals surface area contributed by atoms with Gasteiger partial charge >= 0.3 is 0 Å². The zero-order valence-corrected chi connectivity index (χ0v) is 23.5. The second-order valence-electron chi connectivity index (χ2n) is 11.9. The number of H-pyrrole nitrogens is 1. The highest BCUT2D eigenvalue weighted by molar-refractivity contribution is 6.75. The summed E-state index contributed by atoms with van der Waals surface area (Å²) in [5, 5.41) is 1.52. The molecule has 0 amide bonds. The third kappa shape index (κ3) is 5.35. The Bertz CT molecular complexity index is 1070. The Balaban J connectivity index is 1.76. The molecule has 3 aromatic rings. The lowest BCUT2D eigenvalue weighted by Crippen LogP contribution is -2.43. The van der Waals surface area contributed by atoms with Gasteiger partial charge in [-0.15, -0.1) is 0 Å². The van der Waals surface area contributed by atoms with Crippen LogP contribution in [0.5, 0.6) is 5.75 Å². The van der Waals surface area contributed by atoms with Crippen molar-refractivity contribution in [3.8, 4) is 17.1 Å². The molecule has 0 aliphatic carbocycles. The summed E-state index contributed by atoms with van der Waals surface area (Å²) in [5.74, 6) is 0.945. The van der Waals surface area contributed by atoms with Crippen LogP contribution in [-0.4, -0.2) is 26.6 Å². The summed E-state index contributed by atoms with van der Waals surface area (Å²) in [7, 11) is -3.63. The van der Waals surface area contributed by atoms with E-state index < -0.39 is 16.6 Å². The van der Waals surface area contributed by atoms with Crippen LogP contribution in [0.4, 0.5) is 0 Å². The predicted molar refractivity (Wildman–Crippen MR) is 141 cm³/mol. The Morgan fingerprint density at radius 3 is 2.06 bits per heavy atom. The second kappa shape index (κ2) is 8.47. The summed E-state index contributed by atoms with van der Waals surface area (Å²) in [6, 6.07) is 12.6. The van der Waals surface area contributed by atoms with Crippen molar-refractivity contribution in [1.82, 2.24) is 9.97 Å². The molecule has 174 valence electrons. The van der Waals surface area contributed by atoms with E-state index in [0.717, 1.165) is 33.6 Å². The van der Waals surface area contributed by atoms with Gasteiger partial charge in [0.05, 0.1) is 18.0 Å². The number of hydrogen-bond donors (Lipinski definition) is 1. The molecule has 1 N–H and O–H groups in total. The summed E-state index contributed by atoms with van der Waals surface area (Å²) >= 11 is 0. The van der Waals surface area contributed by atoms with E-state index in [1.807, 2.05) is 6.20 Å². The van der Waals surface area contributed by atoms with Crippen molar-refractivity contribution in [2.45, 2.75) is 84.4 Å². The Hall–Kier alpha value is -1.90. The molecule has 2 heterocycles. The van der Waals surface area contributed by atoms with Crippen molar-refractivity contribution in [2.75, 3.05) is 0 Å². The fourth-order valence-electron chi connectivity index (χ4n) is 2.91. The van der Waals surface area contributed by atoms with Crippen LogP contribution in [0.1, 0.15) is 47.1 Å². The summed E-state index contributed by atoms with van der Waals surface area (Å²) in [4.78, 5) is 8.20. The number of aromatic amines is 1. The molecule has 0 atom stereocenters. The van der Waals surface area contributed by atoms with Gasteiger partial charge in [-0.25, -0.2) is 0 Å². The minimum absolute atomic E-state index is 0.172. The highest BCUT2D eigenvalue weighted by atomic mass is 28.4. The lowest BCUT2D eigenvalue weighted by Gasteiger charge is -2.36. The zero-order valence-electron chi connectivity index (χ0n) is 21.5. The molecule has 1 aromatic carbocycles. The molecular formula is C26H40N2O2Si2. The maximum atomic E-state index is 6.48. The van der Waals surface area contributed by atoms with Crippen LogP contribution >= 0.6 is 0 Å². The van der Waals surface area contributed by atoms with Gasteiger partial charge < -0.3 is 13.8 Å². The molecule has 0 saturated heterocycles. The monoisotopic (exact) mass is 468 g/mol. The Kier molecular flexibility index (Phi) is 6.55. The number of nitrogens with one attached hydrogen (secondary N) is 1. The normalized spacial score (nSPS) is 13.6. The van der Waals surface area contributed by atoms with Crippen LogP contribution in [0.2, 0.25) is 36.3 Å². The third-order valence-electron chi connectivity index (χ3n) is 7.28. The number of pyridine rings is 1. The van der Waals surface area contributed by atoms with Crippen LogP contribution in [-0.2, 0) is 11.0 Å². The van der Waals surface area contributed by atoms with Crippen LogP contribution in [0.3, 0.4) is 0 Å². The number of nitrogens with zero attached hydrogens (tertiary/aromatic N) is 1. The highest BCUT2D eigenvalue weighted by Crippen LogP contribution is 2.39. The van der Waals surface area contributed by atoms with E-state index in [4.69, 9.17) is 13.8 Å². The molecular weight excluding hydrogens is 428 g/mol. The van der Waals surface area contributed by atoms with E-state index in [9.17, 15) is 0 Å². The maximum Gasteiger partial charge on any atom is 0.250 e. The number of fused-ring (bicyclic) bond motifs is 1. The third-order valence-corrected chi connectivity index (χ3v) is 16.1. The fraction of sp³-hybridized carbons (Fsp3) is 0.500. The Labute approximate surface area is 196 Å². The standard InChI is InChI=1S/C26H40N2O2Si2/c1-25(2,3)31(7,8)29-18-19-11-13-23(27-17-19)24-16-20-15-21(12-14-22(20)28-24)30-32(9,10)26(4,5)6/h11-17,28H,18H2,1-10H3. The lowest BCUT2D eigenvalue weighted by atomic mass is 10.2. The molecule has 0 bridgehead atoms. The smallest absolute Gasteiger partial charge is 0.250 e. The molecule has 0 unspecified atom stereocenters. The average Bonchev–Trinajstić information content (AvgIpc) is 3.08. The van der Waals surface area contributed by atoms with Gasteiger partial charge in [0.1, 0.15) is 5.75 Å². The molecule has 0 spiro atoms. The van der Waals surface area contributed by atoms with E-state index in [2.05, 4.69) is 109 Å². The Morgan fingerprint density at radius 2 is 1.50 bits per heavy atom. The van der Waals surface area contributed by atoms with Crippen molar-refractivity contribution in [1.29, 1.82) is 0 Å². The van der Waals surface area contributed by atoms with Gasteiger partial charge in [-0.2, -0.15) is 0 Å². The van der Waals surface area contributed by atoms with Crippen molar-refractivity contribution in [3.63, 3.8) is 0 Å². The summed E-state index contributed by atoms with van der Waals surface area (Å²) in [5.41, 5.74) is 4.15. The van der Waals surface area contributed by atoms with Crippen molar-refractivity contribution in [2.24, 2.45) is 0 Å². The van der Waals surface area contributed by atoms with Crippen molar-refractivity contribution < 1.29 is 8.85 Å². The zero-order chi connectivity index (χ0) is 23.9. The molecule has 3 rings (SSSR count). The van der Waals surface area contributed by atoms with Gasteiger partial charge in [-0.3, -0.25) is 4.98 Å². The van der Waals surface area contributed by atoms with Crippen LogP contribution in [0, 0.1) is 0 Å². The molecule has 32 heavy (non-hydrogen) atoms. The average molecular weight is 469 g/mol. The van der Waals surface area contributed by atoms with E-state index >= 15 is 0 Å². The number of hydrogen-bond acceptors (Lipinski definition) is 3. The van der Waals surface area contributed by atoms with Crippen molar-refractivity contribution in [3.05, 3.63) is 48.2 Å². The minimum Gasteiger partial charge on any atom is -0.543 e. The summed E-state index contributed by atoms with van der Waals surface area (Å²) < 4.78 is 12.8. The van der Waals surface area contributed by atoms with Gasteiger partial charge in [-0.1, -0.05) is 47.6 Å². The predicted octanol–water partition coefficient (Wildman–Crippen LogP) is 8.14. The fourth-order valence-corrected chi connectivity index (χ4v) is 4.89.